The van der Waals surface area contributed by atoms with Crippen LogP contribution in [0.4, 0.5) is 0 Å². The number of likely N-dealkylation sites (tertiary alicyclic amines) is 1. The molecule has 0 bridgehead atoms. The van der Waals surface area contributed by atoms with Crippen LogP contribution in [0.2, 0.25) is 0 Å². The van der Waals surface area contributed by atoms with E-state index in [9.17, 15) is 13.2 Å². The first kappa shape index (κ1) is 24.1. The van der Waals surface area contributed by atoms with Crippen LogP contribution in [-0.4, -0.2) is 71.1 Å². The molecule has 0 aromatic heterocycles. The van der Waals surface area contributed by atoms with E-state index in [1.807, 2.05) is 24.8 Å². The molecule has 1 heterocycles. The topological polar surface area (TPSA) is 112 Å². The van der Waals surface area contributed by atoms with Gasteiger partial charge in [-0.05, 0) is 31.0 Å². The van der Waals surface area contributed by atoms with Crippen molar-refractivity contribution in [2.45, 2.75) is 44.2 Å². The number of ether oxygens (including phenoxy) is 1. The Morgan fingerprint density at radius 1 is 1.33 bits per heavy atom. The van der Waals surface area contributed by atoms with E-state index in [-0.39, 0.29) is 23.4 Å². The third-order valence-corrected chi connectivity index (χ3v) is 6.21. The van der Waals surface area contributed by atoms with Gasteiger partial charge in [-0.1, -0.05) is 19.1 Å². The average molecular weight is 440 g/mol. The summed E-state index contributed by atoms with van der Waals surface area (Å²) in [5.74, 6) is 0.818. The number of benzene rings is 1. The van der Waals surface area contributed by atoms with Crippen molar-refractivity contribution in [3.05, 3.63) is 29.8 Å². The highest BCUT2D eigenvalue weighted by molar-refractivity contribution is 7.89. The second-order valence-electron chi connectivity index (χ2n) is 7.06. The maximum Gasteiger partial charge on any atom is 0.240 e. The maximum absolute atomic E-state index is 12.4. The zero-order valence-corrected chi connectivity index (χ0v) is 18.8. The van der Waals surface area contributed by atoms with Crippen molar-refractivity contribution in [3.63, 3.8) is 0 Å². The average Bonchev–Trinajstić information content (AvgIpc) is 3.20. The number of aliphatic imine (C=N–C) groups is 1. The molecule has 1 aromatic rings. The first-order valence-electron chi connectivity index (χ1n) is 10.3. The Bertz CT molecular complexity index is 828. The van der Waals surface area contributed by atoms with Crippen molar-refractivity contribution in [2.24, 2.45) is 4.99 Å². The second kappa shape index (κ2) is 11.9. The molecule has 168 valence electrons. The molecule has 3 N–H and O–H groups in total. The number of guanidine groups is 1. The smallest absolute Gasteiger partial charge is 0.240 e. The molecular formula is C20H33N5O4S. The molecule has 1 aliphatic heterocycles. The van der Waals surface area contributed by atoms with Crippen LogP contribution in [-0.2, 0) is 26.1 Å². The van der Waals surface area contributed by atoms with E-state index in [1.165, 1.54) is 7.11 Å². The quantitative estimate of drug-likeness (QED) is 0.281. The molecule has 1 amide bonds. The zero-order chi connectivity index (χ0) is 22.0. The fourth-order valence-corrected chi connectivity index (χ4v) is 4.27. The molecule has 1 atom stereocenters. The predicted molar refractivity (Wildman–Crippen MR) is 117 cm³/mol. The van der Waals surface area contributed by atoms with E-state index in [0.29, 0.717) is 38.6 Å². The summed E-state index contributed by atoms with van der Waals surface area (Å²) in [5.41, 5.74) is 0.788. The minimum atomic E-state index is -3.59. The molecule has 0 spiro atoms. The van der Waals surface area contributed by atoms with Crippen LogP contribution in [0, 0.1) is 0 Å². The van der Waals surface area contributed by atoms with Crippen LogP contribution in [0.5, 0.6) is 0 Å². The Balaban J connectivity index is 2.02. The van der Waals surface area contributed by atoms with Gasteiger partial charge in [0, 0.05) is 45.8 Å². The summed E-state index contributed by atoms with van der Waals surface area (Å²) in [4.78, 5) is 18.5. The predicted octanol–water partition coefficient (Wildman–Crippen LogP) is 0.677. The minimum Gasteiger partial charge on any atom is -0.383 e. The van der Waals surface area contributed by atoms with E-state index in [4.69, 9.17) is 4.74 Å². The van der Waals surface area contributed by atoms with Crippen LogP contribution in [0.3, 0.4) is 0 Å². The molecule has 0 aliphatic carbocycles. The first-order valence-corrected chi connectivity index (χ1v) is 11.8. The summed E-state index contributed by atoms with van der Waals surface area (Å²) >= 11 is 0. The maximum atomic E-state index is 12.4. The number of carbonyl (C=O) groups excluding carboxylic acids is 1. The summed E-state index contributed by atoms with van der Waals surface area (Å²) in [6.07, 6.45) is 1.39. The Hall–Kier alpha value is -2.17. The molecule has 0 saturated carbocycles. The number of methoxy groups -OCH3 is 1. The lowest BCUT2D eigenvalue weighted by Gasteiger charge is -2.18. The fraction of sp³-hybridized carbons (Fsp3) is 0.600. The number of amides is 1. The van der Waals surface area contributed by atoms with Crippen LogP contribution in [0.15, 0.2) is 34.2 Å². The monoisotopic (exact) mass is 439 g/mol. The lowest BCUT2D eigenvalue weighted by molar-refractivity contribution is -0.129. The highest BCUT2D eigenvalue weighted by Gasteiger charge is 2.25. The van der Waals surface area contributed by atoms with E-state index >= 15 is 0 Å². The van der Waals surface area contributed by atoms with Gasteiger partial charge in [0.15, 0.2) is 5.96 Å². The number of carbonyl (C=O) groups is 1. The minimum absolute atomic E-state index is 0.148. The van der Waals surface area contributed by atoms with Crippen LogP contribution >= 0.6 is 0 Å². The van der Waals surface area contributed by atoms with Crippen molar-refractivity contribution in [1.29, 1.82) is 0 Å². The first-order chi connectivity index (χ1) is 14.4. The lowest BCUT2D eigenvalue weighted by atomic mass is 10.2. The third kappa shape index (κ3) is 7.26. The number of nitrogens with zero attached hydrogens (tertiary/aromatic N) is 2. The molecule has 2 rings (SSSR count). The number of rotatable bonds is 10. The highest BCUT2D eigenvalue weighted by Crippen LogP contribution is 2.13. The van der Waals surface area contributed by atoms with Gasteiger partial charge in [0.25, 0.3) is 0 Å². The van der Waals surface area contributed by atoms with Gasteiger partial charge in [0.1, 0.15) is 0 Å². The third-order valence-electron chi connectivity index (χ3n) is 4.76. The molecule has 1 unspecified atom stereocenters. The van der Waals surface area contributed by atoms with Crippen molar-refractivity contribution in [2.75, 3.05) is 39.9 Å². The number of sulfonamides is 1. The van der Waals surface area contributed by atoms with E-state index < -0.39 is 10.0 Å². The van der Waals surface area contributed by atoms with E-state index in [0.717, 1.165) is 18.5 Å². The molecule has 1 fully saturated rings. The van der Waals surface area contributed by atoms with Gasteiger partial charge < -0.3 is 20.3 Å². The summed E-state index contributed by atoms with van der Waals surface area (Å²) in [6, 6.07) is 6.89. The second-order valence-corrected chi connectivity index (χ2v) is 8.82. The molecule has 1 aromatic carbocycles. The normalized spacial score (nSPS) is 17.2. The standard InChI is InChI=1S/C20H33N5O4S/c1-4-19(26)25-11-9-17(15-25)24-20(21-5-2)22-14-16-7-6-8-18(13-16)30(27,28)23-10-12-29-3/h6-8,13,17,23H,4-5,9-12,14-15H2,1-3H3,(H2,21,22,24). The molecular weight excluding hydrogens is 406 g/mol. The number of nitrogens with one attached hydrogen (secondary N) is 3. The van der Waals surface area contributed by atoms with Gasteiger partial charge in [0.05, 0.1) is 18.0 Å². The summed E-state index contributed by atoms with van der Waals surface area (Å²) in [5, 5.41) is 6.58. The van der Waals surface area contributed by atoms with Crippen LogP contribution in [0.1, 0.15) is 32.3 Å². The van der Waals surface area contributed by atoms with Gasteiger partial charge in [-0.2, -0.15) is 0 Å². The lowest BCUT2D eigenvalue weighted by Crippen LogP contribution is -2.45. The van der Waals surface area contributed by atoms with Gasteiger partial charge in [-0.15, -0.1) is 0 Å². The molecule has 1 saturated heterocycles. The zero-order valence-electron chi connectivity index (χ0n) is 18.0. The molecule has 9 nitrogen and oxygen atoms in total. The Labute approximate surface area is 179 Å². The van der Waals surface area contributed by atoms with Crippen molar-refractivity contribution < 1.29 is 17.9 Å². The highest BCUT2D eigenvalue weighted by atomic mass is 32.2. The van der Waals surface area contributed by atoms with E-state index in [2.05, 4.69) is 20.3 Å². The van der Waals surface area contributed by atoms with Gasteiger partial charge in [0.2, 0.25) is 15.9 Å². The summed E-state index contributed by atoms with van der Waals surface area (Å²) in [7, 11) is -2.06. The Kier molecular flexibility index (Phi) is 9.54. The van der Waals surface area contributed by atoms with Crippen molar-refractivity contribution in [1.82, 2.24) is 20.3 Å². The number of hydrogen-bond acceptors (Lipinski definition) is 5. The molecule has 1 aliphatic rings. The summed E-state index contributed by atoms with van der Waals surface area (Å²) in [6.45, 7) is 6.83. The molecule has 0 radical (unpaired) electrons. The van der Waals surface area contributed by atoms with Gasteiger partial charge >= 0.3 is 0 Å². The SMILES string of the molecule is CCNC(=NCc1cccc(S(=O)(=O)NCCOC)c1)NC1CCN(C(=O)CC)C1. The fourth-order valence-electron chi connectivity index (χ4n) is 3.18. The Morgan fingerprint density at radius 2 is 2.13 bits per heavy atom. The van der Waals surface area contributed by atoms with Crippen molar-refractivity contribution in [3.8, 4) is 0 Å². The van der Waals surface area contributed by atoms with Crippen LogP contribution in [0.25, 0.3) is 0 Å². The molecule has 30 heavy (non-hydrogen) atoms. The van der Waals surface area contributed by atoms with Gasteiger partial charge in [-0.3, -0.25) is 4.79 Å². The number of hydrogen-bond donors (Lipinski definition) is 3. The van der Waals surface area contributed by atoms with Gasteiger partial charge in [-0.25, -0.2) is 18.1 Å². The van der Waals surface area contributed by atoms with Crippen molar-refractivity contribution >= 4 is 21.9 Å². The summed E-state index contributed by atoms with van der Waals surface area (Å²) < 4.78 is 32.2. The largest absolute Gasteiger partial charge is 0.383 e. The van der Waals surface area contributed by atoms with E-state index in [1.54, 1.807) is 18.2 Å². The Morgan fingerprint density at radius 3 is 2.83 bits per heavy atom. The van der Waals surface area contributed by atoms with Crippen LogP contribution < -0.4 is 15.4 Å². The molecule has 10 heteroatoms.